The van der Waals surface area contributed by atoms with E-state index in [2.05, 4.69) is 59.0 Å². The molecular formula is C19H34N4. The lowest BCUT2D eigenvalue weighted by Crippen LogP contribution is -2.41. The molecule has 1 aromatic carbocycles. The fourth-order valence-electron chi connectivity index (χ4n) is 2.92. The molecule has 0 bridgehead atoms. The second kappa shape index (κ2) is 10.8. The summed E-state index contributed by atoms with van der Waals surface area (Å²) in [4.78, 5) is 2.55. The summed E-state index contributed by atoms with van der Waals surface area (Å²) in [5.74, 6) is 0.660. The van der Waals surface area contributed by atoms with Gasteiger partial charge < -0.3 is 16.0 Å². The first-order chi connectivity index (χ1) is 11.3. The van der Waals surface area contributed by atoms with Crippen molar-refractivity contribution in [2.75, 3.05) is 52.4 Å². The average Bonchev–Trinajstić information content (AvgIpc) is 2.57. The maximum atomic E-state index is 3.53. The highest BCUT2D eigenvalue weighted by Gasteiger charge is 2.08. The molecule has 0 aromatic heterocycles. The Morgan fingerprint density at radius 1 is 0.870 bits per heavy atom. The van der Waals surface area contributed by atoms with E-state index in [1.54, 1.807) is 0 Å². The van der Waals surface area contributed by atoms with Crippen LogP contribution in [0.25, 0.3) is 0 Å². The Balaban J connectivity index is 1.86. The molecule has 4 nitrogen and oxygen atoms in total. The fraction of sp³-hybridized carbons (Fsp3) is 0.684. The van der Waals surface area contributed by atoms with Crippen LogP contribution in [0.15, 0.2) is 24.3 Å². The van der Waals surface area contributed by atoms with Gasteiger partial charge in [-0.25, -0.2) is 0 Å². The molecule has 2 rings (SSSR count). The van der Waals surface area contributed by atoms with Crippen molar-refractivity contribution in [3.63, 3.8) is 0 Å². The van der Waals surface area contributed by atoms with Crippen LogP contribution in [-0.4, -0.2) is 57.3 Å². The van der Waals surface area contributed by atoms with Crippen LogP contribution in [0.3, 0.4) is 0 Å². The number of nitrogens with zero attached hydrogens (tertiary/aromatic N) is 1. The van der Waals surface area contributed by atoms with E-state index in [1.807, 2.05) is 0 Å². The van der Waals surface area contributed by atoms with Gasteiger partial charge in [-0.05, 0) is 23.5 Å². The Hall–Kier alpha value is -0.940. The van der Waals surface area contributed by atoms with E-state index in [0.717, 1.165) is 58.9 Å². The van der Waals surface area contributed by atoms with Gasteiger partial charge in [-0.1, -0.05) is 38.1 Å². The molecule has 1 aliphatic rings. The third-order valence-corrected chi connectivity index (χ3v) is 4.73. The van der Waals surface area contributed by atoms with Gasteiger partial charge in [0.15, 0.2) is 0 Å². The van der Waals surface area contributed by atoms with Crippen LogP contribution in [0.2, 0.25) is 0 Å². The molecule has 0 radical (unpaired) electrons. The molecule has 1 heterocycles. The maximum Gasteiger partial charge on any atom is 0.0234 e. The Morgan fingerprint density at radius 3 is 1.91 bits per heavy atom. The number of nitrogens with one attached hydrogen (secondary N) is 3. The van der Waals surface area contributed by atoms with Crippen LogP contribution in [0, 0.1) is 0 Å². The molecule has 4 heteroatoms. The van der Waals surface area contributed by atoms with Crippen molar-refractivity contribution >= 4 is 0 Å². The second-order valence-electron chi connectivity index (χ2n) is 6.58. The zero-order chi connectivity index (χ0) is 16.3. The first-order valence-corrected chi connectivity index (χ1v) is 9.23. The van der Waals surface area contributed by atoms with Gasteiger partial charge in [-0.3, -0.25) is 4.90 Å². The largest absolute Gasteiger partial charge is 0.314 e. The van der Waals surface area contributed by atoms with Gasteiger partial charge in [0.2, 0.25) is 0 Å². The highest BCUT2D eigenvalue weighted by atomic mass is 15.2. The molecule has 23 heavy (non-hydrogen) atoms. The van der Waals surface area contributed by atoms with E-state index in [4.69, 9.17) is 0 Å². The van der Waals surface area contributed by atoms with E-state index >= 15 is 0 Å². The summed E-state index contributed by atoms with van der Waals surface area (Å²) in [6.45, 7) is 14.2. The maximum absolute atomic E-state index is 3.53. The van der Waals surface area contributed by atoms with Crippen LogP contribution in [0.5, 0.6) is 0 Å². The lowest BCUT2D eigenvalue weighted by molar-refractivity contribution is 0.263. The fourth-order valence-corrected chi connectivity index (χ4v) is 2.92. The van der Waals surface area contributed by atoms with Gasteiger partial charge in [-0.2, -0.15) is 0 Å². The lowest BCUT2D eigenvalue weighted by Gasteiger charge is -2.24. The normalized spacial score (nSPS) is 20.4. The zero-order valence-corrected chi connectivity index (χ0v) is 14.9. The summed E-state index contributed by atoms with van der Waals surface area (Å²) in [5.41, 5.74) is 2.88. The number of hydrogen-bond acceptors (Lipinski definition) is 4. The van der Waals surface area contributed by atoms with Gasteiger partial charge in [0.1, 0.15) is 0 Å². The molecule has 0 saturated carbocycles. The van der Waals surface area contributed by atoms with Crippen molar-refractivity contribution < 1.29 is 0 Å². The van der Waals surface area contributed by atoms with Gasteiger partial charge >= 0.3 is 0 Å². The van der Waals surface area contributed by atoms with E-state index < -0.39 is 0 Å². The summed E-state index contributed by atoms with van der Waals surface area (Å²) >= 11 is 0. The van der Waals surface area contributed by atoms with Crippen molar-refractivity contribution in [1.29, 1.82) is 0 Å². The quantitative estimate of drug-likeness (QED) is 0.791. The third kappa shape index (κ3) is 7.00. The highest BCUT2D eigenvalue weighted by molar-refractivity contribution is 5.25. The van der Waals surface area contributed by atoms with Crippen molar-refractivity contribution in [2.24, 2.45) is 0 Å². The average molecular weight is 319 g/mol. The monoisotopic (exact) mass is 318 g/mol. The summed E-state index contributed by atoms with van der Waals surface area (Å²) in [6.07, 6.45) is 1.21. The number of hydrogen-bond donors (Lipinski definition) is 3. The highest BCUT2D eigenvalue weighted by Crippen LogP contribution is 2.19. The second-order valence-corrected chi connectivity index (χ2v) is 6.58. The summed E-state index contributed by atoms with van der Waals surface area (Å²) in [6, 6.07) is 9.23. The smallest absolute Gasteiger partial charge is 0.0234 e. The third-order valence-electron chi connectivity index (χ3n) is 4.73. The summed E-state index contributed by atoms with van der Waals surface area (Å²) in [7, 11) is 0. The number of rotatable bonds is 4. The van der Waals surface area contributed by atoms with Crippen molar-refractivity contribution in [3.8, 4) is 0 Å². The Labute approximate surface area is 142 Å². The minimum Gasteiger partial charge on any atom is -0.314 e. The van der Waals surface area contributed by atoms with Gasteiger partial charge in [-0.15, -0.1) is 0 Å². The predicted octanol–water partition coefficient (Wildman–Crippen LogP) is 1.78. The summed E-state index contributed by atoms with van der Waals surface area (Å²) < 4.78 is 0. The van der Waals surface area contributed by atoms with Crippen molar-refractivity contribution in [3.05, 3.63) is 35.4 Å². The van der Waals surface area contributed by atoms with E-state index in [0.29, 0.717) is 5.92 Å². The first kappa shape index (κ1) is 18.4. The first-order valence-electron chi connectivity index (χ1n) is 9.23. The topological polar surface area (TPSA) is 39.3 Å². The van der Waals surface area contributed by atoms with E-state index in [1.165, 1.54) is 17.5 Å². The molecular weight excluding hydrogens is 284 g/mol. The van der Waals surface area contributed by atoms with Crippen molar-refractivity contribution in [2.45, 2.75) is 32.7 Å². The molecule has 3 N–H and O–H groups in total. The Morgan fingerprint density at radius 2 is 1.39 bits per heavy atom. The van der Waals surface area contributed by atoms with Gasteiger partial charge in [0, 0.05) is 58.9 Å². The van der Waals surface area contributed by atoms with Gasteiger partial charge in [0.05, 0.1) is 0 Å². The SMILES string of the molecule is CCC(C)c1ccc(CN2CCNCCNCCNCC2)cc1. The molecule has 0 spiro atoms. The molecule has 1 saturated heterocycles. The molecule has 1 aliphatic heterocycles. The molecule has 0 amide bonds. The minimum absolute atomic E-state index is 0.660. The Kier molecular flexibility index (Phi) is 8.61. The van der Waals surface area contributed by atoms with Gasteiger partial charge in [0.25, 0.3) is 0 Å². The molecule has 1 aromatic rings. The zero-order valence-electron chi connectivity index (χ0n) is 14.9. The van der Waals surface area contributed by atoms with Crippen molar-refractivity contribution in [1.82, 2.24) is 20.9 Å². The number of benzene rings is 1. The van der Waals surface area contributed by atoms with E-state index in [9.17, 15) is 0 Å². The van der Waals surface area contributed by atoms with Crippen LogP contribution >= 0.6 is 0 Å². The molecule has 130 valence electrons. The molecule has 0 aliphatic carbocycles. The standard InChI is InChI=1S/C19H34N4/c1-3-17(2)19-6-4-18(5-7-19)16-23-14-12-21-10-8-20-9-11-22-13-15-23/h4-7,17,20-22H,3,8-16H2,1-2H3. The van der Waals surface area contributed by atoms with Crippen LogP contribution in [0.4, 0.5) is 0 Å². The van der Waals surface area contributed by atoms with Crippen LogP contribution in [0.1, 0.15) is 37.3 Å². The predicted molar refractivity (Wildman–Crippen MR) is 99.0 cm³/mol. The van der Waals surface area contributed by atoms with Crippen LogP contribution < -0.4 is 16.0 Å². The summed E-state index contributed by atoms with van der Waals surface area (Å²) in [5, 5.41) is 10.5. The lowest BCUT2D eigenvalue weighted by atomic mass is 9.97. The minimum atomic E-state index is 0.660. The molecule has 1 unspecified atom stereocenters. The van der Waals surface area contributed by atoms with Crippen LogP contribution in [-0.2, 0) is 6.54 Å². The molecule has 1 atom stereocenters. The van der Waals surface area contributed by atoms with E-state index in [-0.39, 0.29) is 0 Å². The Bertz CT molecular complexity index is 406. The molecule has 1 fully saturated rings.